The van der Waals surface area contributed by atoms with Crippen LogP contribution in [0, 0.1) is 11.8 Å². The third-order valence-electron chi connectivity index (χ3n) is 4.50. The molecular formula is C14H18N2O4S. The number of carbonyl (C=O) groups is 1. The highest BCUT2D eigenvalue weighted by Gasteiger charge is 2.60. The minimum absolute atomic E-state index is 0.0942. The van der Waals surface area contributed by atoms with Gasteiger partial charge >= 0.3 is 5.97 Å². The van der Waals surface area contributed by atoms with Crippen molar-refractivity contribution in [3.8, 4) is 0 Å². The molecule has 0 saturated heterocycles. The molecule has 0 radical (unpaired) electrons. The lowest BCUT2D eigenvalue weighted by Crippen LogP contribution is -2.37. The summed E-state index contributed by atoms with van der Waals surface area (Å²) in [5.41, 5.74) is -0.395. The Kier molecular flexibility index (Phi) is 3.27. The standard InChI is InChI=1S/C14H18N2O4S/c1-3-20-13(17)14(6-9-4-10(9)7-14)12-5-11(8-15-16-12)21(2,18)19/h5,8-10H,3-4,6-7H2,1-2H3. The molecule has 1 aromatic heterocycles. The summed E-state index contributed by atoms with van der Waals surface area (Å²) in [6.07, 6.45) is 4.83. The van der Waals surface area contributed by atoms with E-state index in [-0.39, 0.29) is 10.9 Å². The summed E-state index contributed by atoms with van der Waals surface area (Å²) in [7, 11) is -3.38. The summed E-state index contributed by atoms with van der Waals surface area (Å²) in [4.78, 5) is 12.5. The molecule has 0 bridgehead atoms. The van der Waals surface area contributed by atoms with E-state index in [4.69, 9.17) is 4.74 Å². The number of ether oxygens (including phenoxy) is 1. The maximum absolute atomic E-state index is 12.5. The zero-order valence-electron chi connectivity index (χ0n) is 12.1. The fourth-order valence-corrected chi connectivity index (χ4v) is 3.89. The molecule has 0 amide bonds. The molecule has 2 atom stereocenters. The predicted molar refractivity (Wildman–Crippen MR) is 74.3 cm³/mol. The molecule has 6 nitrogen and oxygen atoms in total. The lowest BCUT2D eigenvalue weighted by Gasteiger charge is -2.27. The summed E-state index contributed by atoms with van der Waals surface area (Å²) in [6, 6.07) is 1.48. The maximum atomic E-state index is 12.5. The van der Waals surface area contributed by atoms with Crippen molar-refractivity contribution in [3.63, 3.8) is 0 Å². The maximum Gasteiger partial charge on any atom is 0.318 e. The van der Waals surface area contributed by atoms with E-state index in [1.54, 1.807) is 6.92 Å². The monoisotopic (exact) mass is 310 g/mol. The third-order valence-corrected chi connectivity index (χ3v) is 5.58. The molecule has 0 aromatic carbocycles. The van der Waals surface area contributed by atoms with Gasteiger partial charge < -0.3 is 4.74 Å². The van der Waals surface area contributed by atoms with Crippen molar-refractivity contribution in [1.82, 2.24) is 10.2 Å². The Labute approximate surface area is 123 Å². The zero-order valence-corrected chi connectivity index (χ0v) is 12.9. The second-order valence-corrected chi connectivity index (χ2v) is 8.03. The smallest absolute Gasteiger partial charge is 0.318 e. The van der Waals surface area contributed by atoms with Crippen molar-refractivity contribution in [2.45, 2.75) is 36.5 Å². The molecule has 0 spiro atoms. The zero-order chi connectivity index (χ0) is 15.3. The average Bonchev–Trinajstić information content (AvgIpc) is 3.05. The molecule has 3 rings (SSSR count). The number of hydrogen-bond donors (Lipinski definition) is 0. The van der Waals surface area contributed by atoms with E-state index in [0.29, 0.717) is 37.0 Å². The molecule has 21 heavy (non-hydrogen) atoms. The van der Waals surface area contributed by atoms with Gasteiger partial charge in [-0.15, -0.1) is 0 Å². The van der Waals surface area contributed by atoms with E-state index in [0.717, 1.165) is 12.7 Å². The van der Waals surface area contributed by atoms with Gasteiger partial charge in [-0.05, 0) is 44.1 Å². The van der Waals surface area contributed by atoms with Crippen LogP contribution in [0.3, 0.4) is 0 Å². The largest absolute Gasteiger partial charge is 0.465 e. The van der Waals surface area contributed by atoms with Crippen molar-refractivity contribution in [2.75, 3.05) is 12.9 Å². The van der Waals surface area contributed by atoms with Crippen LogP contribution in [0.15, 0.2) is 17.2 Å². The van der Waals surface area contributed by atoms with Gasteiger partial charge in [0.05, 0.1) is 23.4 Å². The second kappa shape index (κ2) is 4.76. The summed E-state index contributed by atoms with van der Waals surface area (Å²) >= 11 is 0. The van der Waals surface area contributed by atoms with Crippen molar-refractivity contribution >= 4 is 15.8 Å². The highest BCUT2D eigenvalue weighted by atomic mass is 32.2. The fourth-order valence-electron chi connectivity index (χ4n) is 3.32. The van der Waals surface area contributed by atoms with Gasteiger partial charge in [-0.1, -0.05) is 0 Å². The Bertz CT molecular complexity index is 676. The van der Waals surface area contributed by atoms with Crippen molar-refractivity contribution < 1.29 is 17.9 Å². The molecule has 2 aliphatic rings. The molecule has 1 aromatic rings. The summed E-state index contributed by atoms with van der Waals surface area (Å²) in [5.74, 6) is 0.744. The summed E-state index contributed by atoms with van der Waals surface area (Å²) in [6.45, 7) is 2.06. The average molecular weight is 310 g/mol. The SMILES string of the molecule is CCOC(=O)C1(c2cc(S(C)(=O)=O)cnn2)CC2CC2C1. The number of aromatic nitrogens is 2. The lowest BCUT2D eigenvalue weighted by atomic mass is 9.79. The van der Waals surface area contributed by atoms with Crippen LogP contribution in [-0.2, 0) is 24.8 Å². The van der Waals surface area contributed by atoms with Gasteiger partial charge in [-0.25, -0.2) is 8.42 Å². The van der Waals surface area contributed by atoms with Crippen LogP contribution in [-0.4, -0.2) is 37.4 Å². The topological polar surface area (TPSA) is 86.2 Å². The quantitative estimate of drug-likeness (QED) is 0.774. The number of hydrogen-bond acceptors (Lipinski definition) is 6. The van der Waals surface area contributed by atoms with Crippen molar-refractivity contribution in [2.24, 2.45) is 11.8 Å². The first kappa shape index (κ1) is 14.4. The van der Waals surface area contributed by atoms with Crippen molar-refractivity contribution in [3.05, 3.63) is 18.0 Å². The van der Waals surface area contributed by atoms with E-state index in [2.05, 4.69) is 10.2 Å². The van der Waals surface area contributed by atoms with Crippen LogP contribution in [0.1, 0.15) is 31.9 Å². The van der Waals surface area contributed by atoms with Crippen LogP contribution < -0.4 is 0 Å². The van der Waals surface area contributed by atoms with E-state index in [9.17, 15) is 13.2 Å². The van der Waals surface area contributed by atoms with Gasteiger partial charge in [0.25, 0.3) is 0 Å². The van der Waals surface area contributed by atoms with Gasteiger partial charge in [-0.3, -0.25) is 4.79 Å². The first-order valence-electron chi connectivity index (χ1n) is 7.07. The minimum Gasteiger partial charge on any atom is -0.465 e. The van der Waals surface area contributed by atoms with Crippen LogP contribution in [0.5, 0.6) is 0 Å². The summed E-state index contributed by atoms with van der Waals surface area (Å²) < 4.78 is 28.6. The second-order valence-electron chi connectivity index (χ2n) is 6.02. The summed E-state index contributed by atoms with van der Waals surface area (Å²) in [5, 5.41) is 7.84. The normalized spacial score (nSPS) is 30.8. The number of nitrogens with zero attached hydrogens (tertiary/aromatic N) is 2. The number of fused-ring (bicyclic) bond motifs is 1. The van der Waals surface area contributed by atoms with Crippen LogP contribution >= 0.6 is 0 Å². The molecule has 2 fully saturated rings. The first-order valence-corrected chi connectivity index (χ1v) is 8.96. The van der Waals surface area contributed by atoms with E-state index >= 15 is 0 Å². The molecule has 2 saturated carbocycles. The van der Waals surface area contributed by atoms with Gasteiger partial charge in [0.1, 0.15) is 5.41 Å². The molecule has 1 heterocycles. The Morgan fingerprint density at radius 2 is 2.10 bits per heavy atom. The number of rotatable bonds is 4. The third kappa shape index (κ3) is 2.43. The van der Waals surface area contributed by atoms with E-state index in [1.165, 1.54) is 12.3 Å². The molecular weight excluding hydrogens is 292 g/mol. The lowest BCUT2D eigenvalue weighted by molar-refractivity contribution is -0.150. The van der Waals surface area contributed by atoms with E-state index in [1.807, 2.05) is 0 Å². The highest BCUT2D eigenvalue weighted by molar-refractivity contribution is 7.90. The number of sulfone groups is 1. The molecule has 0 aliphatic heterocycles. The molecule has 2 unspecified atom stereocenters. The van der Waals surface area contributed by atoms with Gasteiger partial charge in [0.15, 0.2) is 9.84 Å². The Morgan fingerprint density at radius 1 is 1.43 bits per heavy atom. The Morgan fingerprint density at radius 3 is 2.67 bits per heavy atom. The molecule has 7 heteroatoms. The fraction of sp³-hybridized carbons (Fsp3) is 0.643. The Balaban J connectivity index is 2.03. The van der Waals surface area contributed by atoms with Gasteiger partial charge in [0.2, 0.25) is 0 Å². The molecule has 0 N–H and O–H groups in total. The molecule has 114 valence electrons. The Hall–Kier alpha value is -1.50. The minimum atomic E-state index is -3.38. The number of esters is 1. The van der Waals surface area contributed by atoms with Crippen LogP contribution in [0.4, 0.5) is 0 Å². The van der Waals surface area contributed by atoms with Gasteiger partial charge in [0, 0.05) is 6.26 Å². The molecule has 2 aliphatic carbocycles. The van der Waals surface area contributed by atoms with Gasteiger partial charge in [-0.2, -0.15) is 10.2 Å². The first-order chi connectivity index (χ1) is 9.87. The highest BCUT2D eigenvalue weighted by Crippen LogP contribution is 2.60. The number of carbonyl (C=O) groups excluding carboxylic acids is 1. The predicted octanol–water partition coefficient (Wildman–Crippen LogP) is 1.11. The van der Waals surface area contributed by atoms with Crippen molar-refractivity contribution in [1.29, 1.82) is 0 Å². The van der Waals surface area contributed by atoms with Crippen LogP contribution in [0.25, 0.3) is 0 Å². The van der Waals surface area contributed by atoms with E-state index < -0.39 is 15.3 Å². The van der Waals surface area contributed by atoms with Crippen LogP contribution in [0.2, 0.25) is 0 Å².